The van der Waals surface area contributed by atoms with Crippen LogP contribution in [-0.4, -0.2) is 297 Å². The van der Waals surface area contributed by atoms with E-state index in [2.05, 4.69) is 52.0 Å². The maximum Gasteiger partial charge on any atom is 0.119 e. The van der Waals surface area contributed by atoms with Gasteiger partial charge in [-0.05, 0) is 209 Å². The molecule has 684 valence electrons. The number of rotatable bonds is 83. The molecule has 0 bridgehead atoms. The van der Waals surface area contributed by atoms with E-state index in [0.29, 0.717) is 151 Å². The predicted molar refractivity (Wildman–Crippen MR) is 457 cm³/mol. The Bertz CT molecular complexity index is 2270. The van der Waals surface area contributed by atoms with Crippen molar-refractivity contribution in [1.82, 2.24) is 0 Å². The molecule has 0 saturated carbocycles. The number of aliphatic hydroxyl groups is 1. The molecule has 1 aromatic rings. The Morgan fingerprint density at radius 3 is 0.600 bits per heavy atom. The Labute approximate surface area is 701 Å². The Kier molecular flexibility index (Phi) is 69.1. The minimum absolute atomic E-state index is 0.0251. The topological polar surface area (TPSA) is 233 Å². The molecule has 0 saturated heterocycles. The van der Waals surface area contributed by atoms with E-state index in [1.807, 2.05) is 138 Å². The molecule has 1 rings (SSSR count). The molecule has 0 fully saturated rings. The number of ether oxygens (including phenoxy) is 23. The van der Waals surface area contributed by atoms with Crippen LogP contribution in [-0.2, 0) is 111 Å². The summed E-state index contributed by atoms with van der Waals surface area (Å²) in [5.41, 5.74) is 1.38. The zero-order valence-electron chi connectivity index (χ0n) is 77.5. The van der Waals surface area contributed by atoms with Crippen molar-refractivity contribution in [1.29, 1.82) is 0 Å². The third kappa shape index (κ3) is 69.2. The average molecular weight is 1650 g/mol. The molecule has 1 aromatic carbocycles. The average Bonchev–Trinajstić information content (AvgIpc) is 0.911. The lowest BCUT2D eigenvalue weighted by Crippen LogP contribution is -2.31. The van der Waals surface area contributed by atoms with E-state index in [9.17, 15) is 5.11 Å². The van der Waals surface area contributed by atoms with E-state index < -0.39 is 6.10 Å². The van der Waals surface area contributed by atoms with Crippen LogP contribution in [0.5, 0.6) is 5.75 Å². The first-order valence-electron chi connectivity index (χ1n) is 44.7. The molecule has 0 aliphatic rings. The van der Waals surface area contributed by atoms with Crippen LogP contribution < -0.4 is 4.74 Å². The van der Waals surface area contributed by atoms with Gasteiger partial charge < -0.3 is 114 Å². The van der Waals surface area contributed by atoms with E-state index in [4.69, 9.17) is 109 Å². The van der Waals surface area contributed by atoms with E-state index in [-0.39, 0.29) is 141 Å². The molecule has 0 heterocycles. The molecule has 0 aliphatic heterocycles. The second-order valence-corrected chi connectivity index (χ2v) is 33.6. The summed E-state index contributed by atoms with van der Waals surface area (Å²) in [4.78, 5) is 0. The van der Waals surface area contributed by atoms with Gasteiger partial charge in [-0.15, -0.1) is 0 Å². The van der Waals surface area contributed by atoms with E-state index in [1.165, 1.54) is 69.8 Å². The quantitative estimate of drug-likeness (QED) is 0.0597. The van der Waals surface area contributed by atoms with Crippen molar-refractivity contribution in [2.75, 3.05) is 152 Å². The predicted octanol–water partition coefficient (Wildman–Crippen LogP) is 16.2. The van der Waals surface area contributed by atoms with Gasteiger partial charge in [0.15, 0.2) is 0 Å². The summed E-state index contributed by atoms with van der Waals surface area (Å²) < 4.78 is 138. The van der Waals surface area contributed by atoms with Crippen LogP contribution in [0.2, 0.25) is 0 Å². The fraction of sp³-hybridized carbons (Fsp3) is 0.934. The Hall–Kier alpha value is -1.90. The third-order valence-electron chi connectivity index (χ3n) is 18.9. The maximum absolute atomic E-state index is 9.39. The molecule has 24 unspecified atom stereocenters. The first kappa shape index (κ1) is 111. The molecule has 24 atom stereocenters. The second kappa shape index (κ2) is 71.5. The summed E-state index contributed by atoms with van der Waals surface area (Å²) in [5, 5.41) is 9.39. The van der Waals surface area contributed by atoms with Crippen molar-refractivity contribution in [2.45, 2.75) is 397 Å². The van der Waals surface area contributed by atoms with Gasteiger partial charge >= 0.3 is 0 Å². The van der Waals surface area contributed by atoms with E-state index in [1.54, 1.807) is 6.92 Å². The molecule has 24 nitrogen and oxygen atoms in total. The fourth-order valence-corrected chi connectivity index (χ4v) is 11.1. The lowest BCUT2D eigenvalue weighted by atomic mass is 10.0. The zero-order chi connectivity index (χ0) is 85.6. The second-order valence-electron chi connectivity index (χ2n) is 33.6. The number of aliphatic hydroxyl groups excluding tert-OH is 1. The summed E-state index contributed by atoms with van der Waals surface area (Å²) >= 11 is 0. The van der Waals surface area contributed by atoms with Gasteiger partial charge in [-0.25, -0.2) is 0 Å². The summed E-state index contributed by atoms with van der Waals surface area (Å²) in [5.74, 6) is 1.27. The number of hydrogen-bond acceptors (Lipinski definition) is 24. The first-order valence-corrected chi connectivity index (χ1v) is 44.7. The monoisotopic (exact) mass is 1650 g/mol. The number of benzene rings is 1. The molecule has 115 heavy (non-hydrogen) atoms. The minimum Gasteiger partial charge on any atom is -0.491 e. The van der Waals surface area contributed by atoms with Crippen molar-refractivity contribution >= 4 is 0 Å². The molecular weight excluding hydrogens is 1480 g/mol. The minimum atomic E-state index is -0.500. The molecule has 0 radical (unpaired) electrons. The molecule has 0 aromatic heterocycles. The number of aryl methyl sites for hydroxylation is 1. The molecule has 0 spiro atoms. The number of hydrogen-bond donors (Lipinski definition) is 1. The van der Waals surface area contributed by atoms with Crippen molar-refractivity contribution in [3.8, 4) is 5.75 Å². The van der Waals surface area contributed by atoms with Crippen LogP contribution in [0.4, 0.5) is 0 Å². The molecule has 0 aliphatic carbocycles. The van der Waals surface area contributed by atoms with Crippen molar-refractivity contribution in [2.24, 2.45) is 5.92 Å². The largest absolute Gasteiger partial charge is 0.491 e. The molecular formula is C91H176O24. The van der Waals surface area contributed by atoms with Gasteiger partial charge in [-0.1, -0.05) is 83.8 Å². The van der Waals surface area contributed by atoms with Crippen molar-refractivity contribution in [3.05, 3.63) is 29.8 Å². The van der Waals surface area contributed by atoms with Crippen LogP contribution in [0, 0.1) is 5.92 Å². The Morgan fingerprint density at radius 2 is 0.383 bits per heavy atom. The summed E-state index contributed by atoms with van der Waals surface area (Å²) in [6, 6.07) is 8.56. The van der Waals surface area contributed by atoms with Gasteiger partial charge in [-0.3, -0.25) is 0 Å². The van der Waals surface area contributed by atoms with Crippen molar-refractivity contribution in [3.63, 3.8) is 0 Å². The third-order valence-corrected chi connectivity index (χ3v) is 18.9. The summed E-state index contributed by atoms with van der Waals surface area (Å²) in [7, 11) is 0. The highest BCUT2D eigenvalue weighted by molar-refractivity contribution is 5.27. The highest BCUT2D eigenvalue weighted by Gasteiger charge is 2.22. The van der Waals surface area contributed by atoms with Gasteiger partial charge in [-0.2, -0.15) is 0 Å². The molecule has 1 N–H and O–H groups in total. The summed E-state index contributed by atoms with van der Waals surface area (Å²) in [6.07, 6.45) is 14.2. The Morgan fingerprint density at radius 1 is 0.200 bits per heavy atom. The van der Waals surface area contributed by atoms with Crippen LogP contribution in [0.3, 0.4) is 0 Å². The standard InChI is InChI=1S/C91H176O24/c1-26-27-28-29-30-31-32-33-34-35-36-90-39-41-91(42-40-90)115-65-89(25)114-64-88(24)113-49-72(8)96-46-69(5)93-43-66(2)37-38-68(4)95-45-71(7)98-48-74(10)100-51-76(12)102-53-78(14)104-55-80(16)106-57-82(18)108-59-84(20)110-61-86(22)112-63-87(23)111-62-85(21)109-60-83(19)107-58-81(17)105-56-79(15)103-54-77(13)101-52-75(11)99-50-73(9)97-47-70(6)94-44-67(3)92/h39-42,66-89,92H,26-38,43-65H2,1-25H3. The zero-order valence-corrected chi connectivity index (χ0v) is 77.5. The maximum atomic E-state index is 9.39. The van der Waals surface area contributed by atoms with Crippen molar-refractivity contribution < 1.29 is 114 Å². The van der Waals surface area contributed by atoms with Gasteiger partial charge in [0, 0.05) is 6.61 Å². The van der Waals surface area contributed by atoms with Gasteiger partial charge in [0.1, 0.15) is 12.4 Å². The van der Waals surface area contributed by atoms with E-state index >= 15 is 0 Å². The smallest absolute Gasteiger partial charge is 0.119 e. The number of unbranched alkanes of at least 4 members (excludes halogenated alkanes) is 9. The van der Waals surface area contributed by atoms with Gasteiger partial charge in [0.05, 0.1) is 279 Å². The normalized spacial score (nSPS) is 18.7. The van der Waals surface area contributed by atoms with Crippen LogP contribution in [0.15, 0.2) is 24.3 Å². The SMILES string of the molecule is CCCCCCCCCCCCc1ccc(OCC(C)OCC(C)OCC(C)OCC(C)OCC(C)CCC(C)OCC(C)OCC(C)OCC(C)OCC(C)OCC(C)OCC(C)OCC(C)OCC(C)OCC(C)OCC(C)OCC(C)OCC(C)OCC(C)OCC(C)OCC(C)OCC(C)OCC(C)OCC(C)O)cc1. The van der Waals surface area contributed by atoms with Gasteiger partial charge in [0.2, 0.25) is 0 Å². The lowest BCUT2D eigenvalue weighted by Gasteiger charge is -2.24. The highest BCUT2D eigenvalue weighted by atomic mass is 16.6. The fourth-order valence-electron chi connectivity index (χ4n) is 11.1. The molecule has 24 heteroatoms. The lowest BCUT2D eigenvalue weighted by molar-refractivity contribution is -0.117. The van der Waals surface area contributed by atoms with Gasteiger partial charge in [0.25, 0.3) is 0 Å². The Balaban J connectivity index is 2.07. The van der Waals surface area contributed by atoms with Crippen LogP contribution in [0.1, 0.15) is 256 Å². The summed E-state index contributed by atoms with van der Waals surface area (Å²) in [6.45, 7) is 60.7. The van der Waals surface area contributed by atoms with Crippen LogP contribution >= 0.6 is 0 Å². The first-order chi connectivity index (χ1) is 54.8. The molecule has 0 amide bonds. The van der Waals surface area contributed by atoms with Crippen LogP contribution in [0.25, 0.3) is 0 Å². The van der Waals surface area contributed by atoms with E-state index in [0.717, 1.165) is 25.0 Å². The highest BCUT2D eigenvalue weighted by Crippen LogP contribution is 2.19.